The number of esters is 1. The van der Waals surface area contributed by atoms with E-state index in [4.69, 9.17) is 28.7 Å². The quantitative estimate of drug-likeness (QED) is 0.0457. The Kier molecular flexibility index (Phi) is 13.9. The summed E-state index contributed by atoms with van der Waals surface area (Å²) in [6.07, 6.45) is -10.4. The molecule has 1 amide bonds. The molecule has 2 aromatic carbocycles. The van der Waals surface area contributed by atoms with Gasteiger partial charge in [-0.3, -0.25) is 9.69 Å². The summed E-state index contributed by atoms with van der Waals surface area (Å²) in [5, 5.41) is 67.5. The molecule has 0 spiro atoms. The van der Waals surface area contributed by atoms with Crippen molar-refractivity contribution in [2.75, 3.05) is 44.2 Å². The molecular weight excluding hydrogens is 891 g/mol. The van der Waals surface area contributed by atoms with E-state index in [1.165, 1.54) is 24.3 Å². The predicted molar refractivity (Wildman–Crippen MR) is 231 cm³/mol. The molecule has 8 N–H and O–H groups in total. The number of likely N-dealkylation sites (N-methyl/N-ethyl adjacent to an activating group) is 1. The van der Waals surface area contributed by atoms with Gasteiger partial charge in [0, 0.05) is 35.9 Å². The number of ether oxygens (including phenoxy) is 5. The summed E-state index contributed by atoms with van der Waals surface area (Å²) in [4.78, 5) is 59.4. The molecule has 5 heterocycles. The van der Waals surface area contributed by atoms with Gasteiger partial charge in [0.1, 0.15) is 65.8 Å². The third-order valence-electron chi connectivity index (χ3n) is 11.7. The van der Waals surface area contributed by atoms with Gasteiger partial charge in [-0.15, -0.1) is 0 Å². The van der Waals surface area contributed by atoms with Crippen molar-refractivity contribution < 1.29 is 77.1 Å². The van der Waals surface area contributed by atoms with Gasteiger partial charge < -0.3 is 69.5 Å². The Morgan fingerprint density at radius 1 is 1.06 bits per heavy atom. The monoisotopic (exact) mass is 941 g/mol. The number of cyclic esters (lactones) is 1. The molecule has 4 aromatic rings. The second-order valence-electron chi connectivity index (χ2n) is 16.2. The molecule has 2 aromatic heterocycles. The van der Waals surface area contributed by atoms with Crippen molar-refractivity contribution >= 4 is 44.5 Å². The molecule has 1 unspecified atom stereocenters. The lowest BCUT2D eigenvalue weighted by Crippen LogP contribution is -2.61. The second kappa shape index (κ2) is 19.1. The van der Waals surface area contributed by atoms with Crippen LogP contribution in [0, 0.1) is 0 Å². The highest BCUT2D eigenvalue weighted by Gasteiger charge is 2.50. The van der Waals surface area contributed by atoms with E-state index in [1.54, 1.807) is 36.7 Å². The molecular formula is C43H51N5O17S. The number of anilines is 1. The Morgan fingerprint density at radius 3 is 2.50 bits per heavy atom. The van der Waals surface area contributed by atoms with Crippen LogP contribution in [0.25, 0.3) is 22.3 Å². The topological polar surface area (TPSA) is 315 Å². The van der Waals surface area contributed by atoms with Gasteiger partial charge in [0.2, 0.25) is 6.29 Å². The number of phenols is 1. The number of carboxylic acid groups (broad SMARTS) is 1. The van der Waals surface area contributed by atoms with Crippen molar-refractivity contribution in [2.45, 2.75) is 89.0 Å². The number of aliphatic carboxylic acids is 1. The maximum atomic E-state index is 14.2. The molecule has 23 heteroatoms. The predicted octanol–water partition coefficient (Wildman–Crippen LogP) is 0.234. The van der Waals surface area contributed by atoms with Crippen molar-refractivity contribution in [3.05, 3.63) is 80.6 Å². The van der Waals surface area contributed by atoms with Crippen molar-refractivity contribution in [3.63, 3.8) is 0 Å². The lowest BCUT2D eigenvalue weighted by molar-refractivity contribution is -0.271. The first-order chi connectivity index (χ1) is 31.3. The van der Waals surface area contributed by atoms with Gasteiger partial charge >= 0.3 is 18.0 Å². The third-order valence-corrected chi connectivity index (χ3v) is 12.7. The average molecular weight is 942 g/mol. The van der Waals surface area contributed by atoms with E-state index < -0.39 is 102 Å². The van der Waals surface area contributed by atoms with Gasteiger partial charge in [0.05, 0.1) is 40.5 Å². The number of aryl methyl sites for hydroxylation is 1. The van der Waals surface area contributed by atoms with Crippen LogP contribution >= 0.6 is 0 Å². The smallest absolute Gasteiger partial charge is 0.411 e. The number of pyridine rings is 2. The van der Waals surface area contributed by atoms with Crippen LogP contribution in [0.4, 0.5) is 10.5 Å². The number of nitrogens with zero attached hydrogens (tertiary/aromatic N) is 3. The number of amides is 1. The Morgan fingerprint density at radius 2 is 1.82 bits per heavy atom. The van der Waals surface area contributed by atoms with Crippen molar-refractivity contribution in [2.24, 2.45) is 0 Å². The minimum absolute atomic E-state index is 0.0183. The molecule has 0 aliphatic carbocycles. The van der Waals surface area contributed by atoms with Crippen LogP contribution in [0.3, 0.4) is 0 Å². The molecule has 0 bridgehead atoms. The zero-order valence-electron chi connectivity index (χ0n) is 36.3. The van der Waals surface area contributed by atoms with Gasteiger partial charge in [-0.05, 0) is 67.4 Å². The number of carbonyl (C=O) groups is 3. The van der Waals surface area contributed by atoms with E-state index >= 15 is 0 Å². The van der Waals surface area contributed by atoms with Gasteiger partial charge in [-0.25, -0.2) is 27.8 Å². The van der Waals surface area contributed by atoms with E-state index in [1.807, 2.05) is 6.92 Å². The van der Waals surface area contributed by atoms with Gasteiger partial charge in [0.25, 0.3) is 5.56 Å². The Bertz CT molecular complexity index is 2710. The first-order valence-corrected chi connectivity index (χ1v) is 23.0. The van der Waals surface area contributed by atoms with E-state index in [-0.39, 0.29) is 60.0 Å². The third kappa shape index (κ3) is 9.37. The number of hydrogen-bond donors (Lipinski definition) is 8. The van der Waals surface area contributed by atoms with Crippen molar-refractivity contribution in [1.82, 2.24) is 19.8 Å². The maximum absolute atomic E-state index is 14.2. The molecule has 66 heavy (non-hydrogen) atoms. The van der Waals surface area contributed by atoms with E-state index in [9.17, 15) is 58.2 Å². The van der Waals surface area contributed by atoms with Gasteiger partial charge in [-0.1, -0.05) is 19.9 Å². The summed E-state index contributed by atoms with van der Waals surface area (Å²) in [5.41, 5.74) is 1.49. The van der Waals surface area contributed by atoms with Crippen LogP contribution in [-0.4, -0.2) is 147 Å². The highest BCUT2D eigenvalue weighted by Crippen LogP contribution is 2.42. The van der Waals surface area contributed by atoms with Crippen molar-refractivity contribution in [1.29, 1.82) is 0 Å². The second-order valence-corrected chi connectivity index (χ2v) is 18.4. The number of nitrogens with one attached hydrogen (secondary N) is 2. The van der Waals surface area contributed by atoms with E-state index in [0.717, 1.165) is 27.7 Å². The summed E-state index contributed by atoms with van der Waals surface area (Å²) in [6, 6.07) is 10.6. The number of aromatic hydroxyl groups is 1. The number of hydrogen-bond acceptors (Lipinski definition) is 19. The van der Waals surface area contributed by atoms with Crippen LogP contribution < -0.4 is 20.9 Å². The number of aliphatic hydroxyl groups excluding tert-OH is 4. The summed E-state index contributed by atoms with van der Waals surface area (Å²) < 4.78 is 54.7. The molecule has 7 atom stereocenters. The highest BCUT2D eigenvalue weighted by molar-refractivity contribution is 7.90. The van der Waals surface area contributed by atoms with Gasteiger partial charge in [-0.2, -0.15) is 0 Å². The number of carboxylic acids is 1. The summed E-state index contributed by atoms with van der Waals surface area (Å²) in [6.45, 7) is 1.83. The number of rotatable bonds is 17. The van der Waals surface area contributed by atoms with Crippen molar-refractivity contribution in [3.8, 4) is 22.9 Å². The normalized spacial score (nSPS) is 22.7. The number of fused-ring (bicyclic) bond motifs is 5. The SMILES string of the molecule is CCc1c2c(nc3ccc(O)cc13)-c1cc3c(c(=O)n1C2)COC(=O)[C@@]3(CC)OCN(CCS(C)(=O)=O)C(=O)OCc1ccc(O[C@@H]2O[C@H](C(=O)O)[C@@H](O)[C@H](O)[C@H]2O)c(NC(O)CNC)c1. The standard InChI is InChI=1S/C43H51N5O17S/c1-5-23-24-14-22(49)8-9-28(24)46-33-25(23)17-48-30(33)15-27-26(38(48)54)19-61-41(57)43(27,6-2)63-20-47(11-12-66(4,59)60)42(58)62-18-21-7-10-31(29(13-21)45-32(50)16-44-3)64-40-36(53)34(51)35(52)37(65-40)39(55)56/h7-10,13-15,32,34-37,40,44-45,49-53H,5-6,11-12,16-20H2,1-4H3,(H,55,56)/t32?,34-,35-,36+,37-,40+,43-/m0/s1. The van der Waals surface area contributed by atoms with Crippen LogP contribution in [0.5, 0.6) is 11.5 Å². The summed E-state index contributed by atoms with van der Waals surface area (Å²) in [5.74, 6) is -3.05. The van der Waals surface area contributed by atoms with E-state index in [2.05, 4.69) is 10.6 Å². The Balaban J connectivity index is 1.15. The van der Waals surface area contributed by atoms with Gasteiger partial charge in [0.15, 0.2) is 11.7 Å². The number of carbonyl (C=O) groups excluding carboxylic acids is 2. The highest BCUT2D eigenvalue weighted by atomic mass is 32.2. The molecule has 3 aliphatic rings. The minimum Gasteiger partial charge on any atom is -0.508 e. The average Bonchev–Trinajstić information content (AvgIpc) is 3.64. The number of sulfone groups is 1. The minimum atomic E-state index is -3.67. The van der Waals surface area contributed by atoms with E-state index in [0.29, 0.717) is 23.3 Å². The molecule has 1 saturated heterocycles. The van der Waals surface area contributed by atoms with Crippen LogP contribution in [0.15, 0.2) is 47.3 Å². The zero-order chi connectivity index (χ0) is 47.8. The molecule has 1 fully saturated rings. The number of benzene rings is 2. The maximum Gasteiger partial charge on any atom is 0.411 e. The molecule has 22 nitrogen and oxygen atoms in total. The lowest BCUT2D eigenvalue weighted by atomic mass is 9.85. The van der Waals surface area contributed by atoms with Crippen LogP contribution in [0.1, 0.15) is 48.1 Å². The first kappa shape index (κ1) is 48.0. The number of phenolic OH excluding ortho intramolecular Hbond substituents is 1. The Labute approximate surface area is 377 Å². The molecule has 356 valence electrons. The van der Waals surface area contributed by atoms with Crippen LogP contribution in [-0.2, 0) is 70.2 Å². The fourth-order valence-corrected chi connectivity index (χ4v) is 8.82. The number of aliphatic hydroxyl groups is 4. The largest absolute Gasteiger partial charge is 0.508 e. The summed E-state index contributed by atoms with van der Waals surface area (Å²) >= 11 is 0. The number of aromatic nitrogens is 2. The fourth-order valence-electron chi connectivity index (χ4n) is 8.27. The van der Waals surface area contributed by atoms with Crippen LogP contribution in [0.2, 0.25) is 0 Å². The first-order valence-electron chi connectivity index (χ1n) is 20.9. The Hall–Kier alpha value is -5.92. The molecule has 0 saturated carbocycles. The molecule has 0 radical (unpaired) electrons. The fraction of sp³-hybridized carbons (Fsp3) is 0.465. The molecule has 3 aliphatic heterocycles. The summed E-state index contributed by atoms with van der Waals surface area (Å²) in [7, 11) is -2.10. The zero-order valence-corrected chi connectivity index (χ0v) is 37.1. The lowest BCUT2D eigenvalue weighted by Gasteiger charge is -2.38. The molecule has 7 rings (SSSR count).